The van der Waals surface area contributed by atoms with Crippen molar-refractivity contribution in [3.8, 4) is 5.75 Å². The molecule has 3 rings (SSSR count). The zero-order valence-corrected chi connectivity index (χ0v) is 17.6. The van der Waals surface area contributed by atoms with Gasteiger partial charge in [-0.2, -0.15) is 13.2 Å². The van der Waals surface area contributed by atoms with E-state index in [0.29, 0.717) is 18.6 Å². The summed E-state index contributed by atoms with van der Waals surface area (Å²) >= 11 is 0. The van der Waals surface area contributed by atoms with Crippen LogP contribution in [0.4, 0.5) is 18.0 Å². The number of carbonyl (C=O) groups is 2. The Labute approximate surface area is 184 Å². The van der Waals surface area contributed by atoms with E-state index < -0.39 is 18.9 Å². The minimum Gasteiger partial charge on any atom is -0.497 e. The van der Waals surface area contributed by atoms with Crippen LogP contribution < -0.4 is 10.1 Å². The topological polar surface area (TPSA) is 67.9 Å². The first kappa shape index (κ1) is 23.4. The molecular weight excluding hydrogens is 425 g/mol. The van der Waals surface area contributed by atoms with Gasteiger partial charge in [-0.25, -0.2) is 4.79 Å². The molecule has 1 atom stereocenters. The van der Waals surface area contributed by atoms with Crippen LogP contribution in [0.25, 0.3) is 0 Å². The summed E-state index contributed by atoms with van der Waals surface area (Å²) in [6.07, 6.45) is -4.89. The fraction of sp³-hybridized carbons (Fsp3) is 0.391. The Bertz CT molecular complexity index is 896. The molecule has 0 aromatic heterocycles. The van der Waals surface area contributed by atoms with Crippen molar-refractivity contribution in [1.82, 2.24) is 10.2 Å². The molecule has 1 heterocycles. The Kier molecular flexibility index (Phi) is 7.61. The number of piperidine rings is 1. The molecule has 6 nitrogen and oxygen atoms in total. The predicted octanol–water partition coefficient (Wildman–Crippen LogP) is 4.31. The van der Waals surface area contributed by atoms with Gasteiger partial charge in [0.15, 0.2) is 6.61 Å². The van der Waals surface area contributed by atoms with E-state index in [-0.39, 0.29) is 31.0 Å². The second-order valence-electron chi connectivity index (χ2n) is 7.56. The zero-order chi connectivity index (χ0) is 23.1. The van der Waals surface area contributed by atoms with Crippen LogP contribution >= 0.6 is 0 Å². The van der Waals surface area contributed by atoms with E-state index in [4.69, 9.17) is 4.74 Å². The number of rotatable bonds is 6. The lowest BCUT2D eigenvalue weighted by Crippen LogP contribution is -2.44. The lowest BCUT2D eigenvalue weighted by molar-refractivity contribution is -0.162. The smallest absolute Gasteiger partial charge is 0.422 e. The normalized spacial score (nSPS) is 15.7. The summed E-state index contributed by atoms with van der Waals surface area (Å²) in [4.78, 5) is 26.0. The highest BCUT2D eigenvalue weighted by atomic mass is 19.4. The number of carbonyl (C=O) groups excluding carboxylic acids is 2. The largest absolute Gasteiger partial charge is 0.497 e. The fourth-order valence-corrected chi connectivity index (χ4v) is 3.62. The number of alkyl halides is 3. The summed E-state index contributed by atoms with van der Waals surface area (Å²) in [5, 5.41) is 3.08. The molecule has 0 radical (unpaired) electrons. The SMILES string of the molecule is COc1ccc(C(NC(=O)C2CCN(C(=O)OCC(F)(F)F)CC2)c2ccccc2)cc1. The molecule has 0 saturated carbocycles. The summed E-state index contributed by atoms with van der Waals surface area (Å²) in [5.41, 5.74) is 1.80. The highest BCUT2D eigenvalue weighted by Gasteiger charge is 2.33. The Balaban J connectivity index is 1.62. The molecule has 1 aliphatic heterocycles. The van der Waals surface area contributed by atoms with Crippen molar-refractivity contribution in [2.24, 2.45) is 5.92 Å². The maximum atomic E-state index is 13.0. The lowest BCUT2D eigenvalue weighted by Gasteiger charge is -2.31. The first-order chi connectivity index (χ1) is 15.3. The highest BCUT2D eigenvalue weighted by Crippen LogP contribution is 2.26. The molecule has 1 saturated heterocycles. The van der Waals surface area contributed by atoms with E-state index in [1.807, 2.05) is 54.6 Å². The molecule has 1 unspecified atom stereocenters. The van der Waals surface area contributed by atoms with Gasteiger partial charge in [-0.1, -0.05) is 42.5 Å². The highest BCUT2D eigenvalue weighted by molar-refractivity contribution is 5.80. The van der Waals surface area contributed by atoms with Crippen LogP contribution in [-0.4, -0.2) is 49.9 Å². The van der Waals surface area contributed by atoms with Gasteiger partial charge in [0.25, 0.3) is 0 Å². The molecule has 0 spiro atoms. The number of amides is 2. The van der Waals surface area contributed by atoms with Crippen molar-refractivity contribution in [2.45, 2.75) is 25.1 Å². The van der Waals surface area contributed by atoms with Gasteiger partial charge in [0.1, 0.15) is 5.75 Å². The van der Waals surface area contributed by atoms with Crippen molar-refractivity contribution in [1.29, 1.82) is 0 Å². The molecule has 2 amide bonds. The molecule has 2 aromatic rings. The monoisotopic (exact) mass is 450 g/mol. The Morgan fingerprint density at radius 1 is 1.03 bits per heavy atom. The number of benzene rings is 2. The predicted molar refractivity (Wildman–Crippen MR) is 111 cm³/mol. The van der Waals surface area contributed by atoms with Gasteiger partial charge in [-0.15, -0.1) is 0 Å². The van der Waals surface area contributed by atoms with E-state index in [0.717, 1.165) is 11.1 Å². The molecule has 2 aromatic carbocycles. The van der Waals surface area contributed by atoms with Gasteiger partial charge in [-0.3, -0.25) is 4.79 Å². The van der Waals surface area contributed by atoms with Gasteiger partial charge >= 0.3 is 12.3 Å². The van der Waals surface area contributed by atoms with Gasteiger partial charge < -0.3 is 19.7 Å². The number of likely N-dealkylation sites (tertiary alicyclic amines) is 1. The fourth-order valence-electron chi connectivity index (χ4n) is 3.62. The van der Waals surface area contributed by atoms with Crippen LogP contribution in [-0.2, 0) is 9.53 Å². The van der Waals surface area contributed by atoms with Crippen molar-refractivity contribution >= 4 is 12.0 Å². The summed E-state index contributed by atoms with van der Waals surface area (Å²) in [6.45, 7) is -1.30. The minimum atomic E-state index is -4.57. The lowest BCUT2D eigenvalue weighted by atomic mass is 9.93. The van der Waals surface area contributed by atoms with Crippen molar-refractivity contribution in [2.75, 3.05) is 26.8 Å². The standard InChI is InChI=1S/C23H25F3N2O4/c1-31-19-9-7-17(8-10-19)20(16-5-3-2-4-6-16)27-21(29)18-11-13-28(14-12-18)22(30)32-15-23(24,25)26/h2-10,18,20H,11-15H2,1H3,(H,27,29). The molecule has 172 valence electrons. The van der Waals surface area contributed by atoms with Crippen molar-refractivity contribution in [3.05, 3.63) is 65.7 Å². The van der Waals surface area contributed by atoms with E-state index in [1.165, 1.54) is 4.90 Å². The summed E-state index contributed by atoms with van der Waals surface area (Å²) in [6, 6.07) is 16.6. The second-order valence-corrected chi connectivity index (χ2v) is 7.56. The first-order valence-corrected chi connectivity index (χ1v) is 10.2. The minimum absolute atomic E-state index is 0.160. The average molecular weight is 450 g/mol. The van der Waals surface area contributed by atoms with E-state index >= 15 is 0 Å². The number of halogens is 3. The van der Waals surface area contributed by atoms with Crippen LogP contribution in [0.2, 0.25) is 0 Å². The molecule has 32 heavy (non-hydrogen) atoms. The molecule has 0 bridgehead atoms. The molecule has 1 fully saturated rings. The third kappa shape index (κ3) is 6.38. The number of hydrogen-bond donors (Lipinski definition) is 1. The quantitative estimate of drug-likeness (QED) is 0.712. The molecule has 0 aliphatic carbocycles. The average Bonchev–Trinajstić information content (AvgIpc) is 2.81. The van der Waals surface area contributed by atoms with Gasteiger partial charge in [-0.05, 0) is 36.1 Å². The number of methoxy groups -OCH3 is 1. The third-order valence-electron chi connectivity index (χ3n) is 5.35. The Morgan fingerprint density at radius 2 is 1.62 bits per heavy atom. The molecule has 9 heteroatoms. The number of nitrogens with one attached hydrogen (secondary N) is 1. The van der Waals surface area contributed by atoms with Crippen LogP contribution in [0.3, 0.4) is 0 Å². The Morgan fingerprint density at radius 3 is 2.19 bits per heavy atom. The summed E-state index contributed by atoms with van der Waals surface area (Å²) in [5.74, 6) is 0.181. The summed E-state index contributed by atoms with van der Waals surface area (Å²) < 4.78 is 46.2. The maximum Gasteiger partial charge on any atom is 0.422 e. The van der Waals surface area contributed by atoms with Gasteiger partial charge in [0.05, 0.1) is 13.2 Å². The first-order valence-electron chi connectivity index (χ1n) is 10.2. The van der Waals surface area contributed by atoms with Crippen LogP contribution in [0, 0.1) is 5.92 Å². The number of hydrogen-bond acceptors (Lipinski definition) is 4. The van der Waals surface area contributed by atoms with Crippen LogP contribution in [0.15, 0.2) is 54.6 Å². The van der Waals surface area contributed by atoms with E-state index in [2.05, 4.69) is 10.1 Å². The summed E-state index contributed by atoms with van der Waals surface area (Å²) in [7, 11) is 1.58. The molecule has 1 N–H and O–H groups in total. The number of nitrogens with zero attached hydrogens (tertiary/aromatic N) is 1. The van der Waals surface area contributed by atoms with Crippen LogP contribution in [0.5, 0.6) is 5.75 Å². The van der Waals surface area contributed by atoms with Crippen molar-refractivity contribution in [3.63, 3.8) is 0 Å². The molecule has 1 aliphatic rings. The van der Waals surface area contributed by atoms with Gasteiger partial charge in [0.2, 0.25) is 5.91 Å². The number of ether oxygens (including phenoxy) is 2. The molecular formula is C23H25F3N2O4. The van der Waals surface area contributed by atoms with Gasteiger partial charge in [0, 0.05) is 19.0 Å². The van der Waals surface area contributed by atoms with Crippen molar-refractivity contribution < 1.29 is 32.2 Å². The van der Waals surface area contributed by atoms with E-state index in [1.54, 1.807) is 7.11 Å². The van der Waals surface area contributed by atoms with Crippen LogP contribution in [0.1, 0.15) is 30.0 Å². The third-order valence-corrected chi connectivity index (χ3v) is 5.35. The Hall–Kier alpha value is -3.23. The van der Waals surface area contributed by atoms with E-state index in [9.17, 15) is 22.8 Å². The second kappa shape index (κ2) is 10.4. The maximum absolute atomic E-state index is 13.0. The zero-order valence-electron chi connectivity index (χ0n) is 17.6.